The third-order valence-corrected chi connectivity index (χ3v) is 3.82. The number of anilines is 1. The van der Waals surface area contributed by atoms with Crippen molar-refractivity contribution in [1.29, 1.82) is 0 Å². The van der Waals surface area contributed by atoms with Crippen LogP contribution in [0.15, 0.2) is 12.4 Å². The average molecular weight is 248 g/mol. The highest BCUT2D eigenvalue weighted by Crippen LogP contribution is 2.23. The molecule has 4 nitrogen and oxygen atoms in total. The first-order valence-corrected chi connectivity index (χ1v) is 7.07. The van der Waals surface area contributed by atoms with Crippen molar-refractivity contribution in [2.75, 3.05) is 11.4 Å². The number of hydrogen-bond acceptors (Lipinski definition) is 4. The monoisotopic (exact) mass is 248 g/mol. The molecule has 2 atom stereocenters. The maximum atomic E-state index is 5.94. The summed E-state index contributed by atoms with van der Waals surface area (Å²) in [5, 5.41) is 0. The van der Waals surface area contributed by atoms with Gasteiger partial charge in [-0.2, -0.15) is 0 Å². The average Bonchev–Trinajstić information content (AvgIpc) is 2.87. The van der Waals surface area contributed by atoms with E-state index in [0.29, 0.717) is 6.04 Å². The van der Waals surface area contributed by atoms with Crippen molar-refractivity contribution in [3.8, 4) is 0 Å². The summed E-state index contributed by atoms with van der Waals surface area (Å²) in [6, 6.07) is 0.836. The molecule has 0 amide bonds. The van der Waals surface area contributed by atoms with Gasteiger partial charge in [-0.1, -0.05) is 13.8 Å². The Kier molecular flexibility index (Phi) is 4.53. The number of hydrogen-bond donors (Lipinski definition) is 1. The molecule has 0 bridgehead atoms. The third-order valence-electron chi connectivity index (χ3n) is 3.82. The quantitative estimate of drug-likeness (QED) is 0.867. The van der Waals surface area contributed by atoms with Crippen LogP contribution in [-0.2, 0) is 6.42 Å². The molecular weight excluding hydrogens is 224 g/mol. The van der Waals surface area contributed by atoms with Crippen molar-refractivity contribution >= 4 is 5.95 Å². The molecule has 2 heterocycles. The zero-order valence-corrected chi connectivity index (χ0v) is 11.5. The molecular formula is C14H24N4. The predicted octanol–water partition coefficient (Wildman–Crippen LogP) is 2.14. The molecule has 0 saturated carbocycles. The highest BCUT2D eigenvalue weighted by atomic mass is 15.3. The molecule has 1 fully saturated rings. The van der Waals surface area contributed by atoms with Crippen LogP contribution in [-0.4, -0.2) is 28.6 Å². The molecule has 4 heteroatoms. The third kappa shape index (κ3) is 2.99. The Labute approximate surface area is 110 Å². The van der Waals surface area contributed by atoms with Crippen LogP contribution in [0.4, 0.5) is 5.95 Å². The fraction of sp³-hybridized carbons (Fsp3) is 0.714. The van der Waals surface area contributed by atoms with E-state index in [9.17, 15) is 0 Å². The van der Waals surface area contributed by atoms with Gasteiger partial charge in [0.15, 0.2) is 0 Å². The van der Waals surface area contributed by atoms with Gasteiger partial charge in [-0.05, 0) is 37.7 Å². The number of rotatable bonds is 5. The Morgan fingerprint density at radius 2 is 2.11 bits per heavy atom. The maximum Gasteiger partial charge on any atom is 0.225 e. The SMILES string of the molecule is CCC(N)Cc1cnc(N2CCCC2CC)nc1. The van der Waals surface area contributed by atoms with Crippen LogP contribution in [0.1, 0.15) is 45.1 Å². The summed E-state index contributed by atoms with van der Waals surface area (Å²) in [5.41, 5.74) is 7.08. The van der Waals surface area contributed by atoms with Crippen molar-refractivity contribution in [3.05, 3.63) is 18.0 Å². The minimum atomic E-state index is 0.217. The molecule has 0 radical (unpaired) electrons. The van der Waals surface area contributed by atoms with Gasteiger partial charge in [-0.3, -0.25) is 0 Å². The van der Waals surface area contributed by atoms with Crippen LogP contribution < -0.4 is 10.6 Å². The summed E-state index contributed by atoms with van der Waals surface area (Å²) in [4.78, 5) is 11.3. The fourth-order valence-electron chi connectivity index (χ4n) is 2.57. The summed E-state index contributed by atoms with van der Waals surface area (Å²) in [5.74, 6) is 0.883. The van der Waals surface area contributed by atoms with Gasteiger partial charge in [-0.15, -0.1) is 0 Å². The van der Waals surface area contributed by atoms with Crippen molar-refractivity contribution in [3.63, 3.8) is 0 Å². The first kappa shape index (κ1) is 13.3. The van der Waals surface area contributed by atoms with Gasteiger partial charge in [0.2, 0.25) is 5.95 Å². The second-order valence-corrected chi connectivity index (χ2v) is 5.16. The fourth-order valence-corrected chi connectivity index (χ4v) is 2.57. The first-order chi connectivity index (χ1) is 8.74. The summed E-state index contributed by atoms with van der Waals surface area (Å²) in [7, 11) is 0. The Balaban J connectivity index is 2.03. The van der Waals surface area contributed by atoms with Crippen molar-refractivity contribution in [1.82, 2.24) is 9.97 Å². The van der Waals surface area contributed by atoms with Crippen LogP contribution in [0.25, 0.3) is 0 Å². The van der Waals surface area contributed by atoms with E-state index in [1.165, 1.54) is 19.3 Å². The molecule has 0 spiro atoms. The lowest BCUT2D eigenvalue weighted by molar-refractivity contribution is 0.628. The Hall–Kier alpha value is -1.16. The Bertz CT molecular complexity index is 363. The minimum absolute atomic E-state index is 0.217. The predicted molar refractivity (Wildman–Crippen MR) is 74.7 cm³/mol. The van der Waals surface area contributed by atoms with E-state index in [1.54, 1.807) is 0 Å². The van der Waals surface area contributed by atoms with Gasteiger partial charge >= 0.3 is 0 Å². The summed E-state index contributed by atoms with van der Waals surface area (Å²) < 4.78 is 0. The van der Waals surface area contributed by atoms with Gasteiger partial charge in [-0.25, -0.2) is 9.97 Å². The smallest absolute Gasteiger partial charge is 0.225 e. The molecule has 0 aliphatic carbocycles. The Morgan fingerprint density at radius 3 is 2.72 bits per heavy atom. The molecule has 1 aromatic heterocycles. The summed E-state index contributed by atoms with van der Waals surface area (Å²) in [6.45, 7) is 5.43. The highest BCUT2D eigenvalue weighted by Gasteiger charge is 2.24. The van der Waals surface area contributed by atoms with Gasteiger partial charge in [0.1, 0.15) is 0 Å². The van der Waals surface area contributed by atoms with E-state index in [-0.39, 0.29) is 6.04 Å². The zero-order chi connectivity index (χ0) is 13.0. The van der Waals surface area contributed by atoms with Gasteiger partial charge in [0.25, 0.3) is 0 Å². The van der Waals surface area contributed by atoms with E-state index < -0.39 is 0 Å². The van der Waals surface area contributed by atoms with Crippen LogP contribution in [0.5, 0.6) is 0 Å². The van der Waals surface area contributed by atoms with Crippen LogP contribution in [0.3, 0.4) is 0 Å². The lowest BCUT2D eigenvalue weighted by atomic mass is 10.1. The van der Waals surface area contributed by atoms with E-state index in [2.05, 4.69) is 28.7 Å². The van der Waals surface area contributed by atoms with E-state index in [0.717, 1.165) is 30.9 Å². The van der Waals surface area contributed by atoms with Gasteiger partial charge in [0.05, 0.1) is 0 Å². The van der Waals surface area contributed by atoms with Gasteiger partial charge in [0, 0.05) is 31.0 Å². The largest absolute Gasteiger partial charge is 0.338 e. The molecule has 2 N–H and O–H groups in total. The zero-order valence-electron chi connectivity index (χ0n) is 11.5. The van der Waals surface area contributed by atoms with E-state index >= 15 is 0 Å². The standard InChI is InChI=1S/C14H24N4/c1-3-12(15)8-11-9-16-14(17-10-11)18-7-5-6-13(18)4-2/h9-10,12-13H,3-8,15H2,1-2H3. The molecule has 2 rings (SSSR count). The molecule has 1 saturated heterocycles. The lowest BCUT2D eigenvalue weighted by Gasteiger charge is -2.23. The number of aromatic nitrogens is 2. The van der Waals surface area contributed by atoms with Crippen molar-refractivity contribution < 1.29 is 0 Å². The van der Waals surface area contributed by atoms with Gasteiger partial charge < -0.3 is 10.6 Å². The normalized spacial score (nSPS) is 21.3. The first-order valence-electron chi connectivity index (χ1n) is 7.07. The van der Waals surface area contributed by atoms with Crippen molar-refractivity contribution in [2.45, 2.75) is 58.0 Å². The summed E-state index contributed by atoms with van der Waals surface area (Å²) >= 11 is 0. The summed E-state index contributed by atoms with van der Waals surface area (Å²) in [6.07, 6.45) is 9.42. The molecule has 18 heavy (non-hydrogen) atoms. The van der Waals surface area contributed by atoms with E-state index in [1.807, 2.05) is 12.4 Å². The molecule has 0 aromatic carbocycles. The van der Waals surface area contributed by atoms with E-state index in [4.69, 9.17) is 5.73 Å². The minimum Gasteiger partial charge on any atom is -0.338 e. The molecule has 1 aromatic rings. The molecule has 1 aliphatic rings. The van der Waals surface area contributed by atoms with Crippen LogP contribution in [0.2, 0.25) is 0 Å². The second-order valence-electron chi connectivity index (χ2n) is 5.16. The van der Waals surface area contributed by atoms with Crippen molar-refractivity contribution in [2.24, 2.45) is 5.73 Å². The lowest BCUT2D eigenvalue weighted by Crippen LogP contribution is -2.30. The molecule has 100 valence electrons. The van der Waals surface area contributed by atoms with Crippen LogP contribution in [0, 0.1) is 0 Å². The number of nitrogens with zero attached hydrogens (tertiary/aromatic N) is 3. The molecule has 1 aliphatic heterocycles. The highest BCUT2D eigenvalue weighted by molar-refractivity contribution is 5.33. The Morgan fingerprint density at radius 1 is 1.39 bits per heavy atom. The molecule has 2 unspecified atom stereocenters. The van der Waals surface area contributed by atoms with Crippen LogP contribution >= 0.6 is 0 Å². The second kappa shape index (κ2) is 6.14. The topological polar surface area (TPSA) is 55.0 Å². The maximum absolute atomic E-state index is 5.94. The number of nitrogens with two attached hydrogens (primary N) is 1.